The number of rotatable bonds is 13. The fraction of sp³-hybridized carbons (Fsp3) is 0.457. The molecule has 3 aliphatic rings. The number of aromatic nitrogens is 2. The van der Waals surface area contributed by atoms with Gasteiger partial charge in [0.2, 0.25) is 17.7 Å². The number of alkyl carbamates (subject to hydrolysis) is 1. The first-order valence-corrected chi connectivity index (χ1v) is 21.2. The van der Waals surface area contributed by atoms with Crippen molar-refractivity contribution in [2.45, 2.75) is 124 Å². The number of fused-ring (bicyclic) bond motifs is 5. The van der Waals surface area contributed by atoms with Crippen LogP contribution in [0.5, 0.6) is 0 Å². The van der Waals surface area contributed by atoms with Gasteiger partial charge in [0.05, 0.1) is 41.0 Å². The number of hydrogen-bond acceptors (Lipinski definition) is 10. The summed E-state index contributed by atoms with van der Waals surface area (Å²) in [6.07, 6.45) is -0.0666. The molecule has 0 bridgehead atoms. The van der Waals surface area contributed by atoms with Crippen molar-refractivity contribution in [3.8, 4) is 11.4 Å². The summed E-state index contributed by atoms with van der Waals surface area (Å²) in [7, 11) is 0. The zero-order valence-electron chi connectivity index (χ0n) is 36.3. The number of anilines is 1. The summed E-state index contributed by atoms with van der Waals surface area (Å²) in [5.74, 6) is -2.84. The van der Waals surface area contributed by atoms with Crippen LogP contribution in [-0.4, -0.2) is 64.0 Å². The number of ether oxygens (including phenoxy) is 2. The first kappa shape index (κ1) is 43.9. The van der Waals surface area contributed by atoms with Gasteiger partial charge in [0.25, 0.3) is 5.56 Å². The molecule has 15 nitrogen and oxygen atoms in total. The Hall–Kier alpha value is -6.16. The van der Waals surface area contributed by atoms with E-state index in [2.05, 4.69) is 26.6 Å². The second-order valence-corrected chi connectivity index (χ2v) is 17.1. The van der Waals surface area contributed by atoms with Crippen molar-refractivity contribution in [3.05, 3.63) is 91.5 Å². The quantitative estimate of drug-likeness (QED) is 0.0946. The van der Waals surface area contributed by atoms with E-state index in [1.807, 2.05) is 26.8 Å². The van der Waals surface area contributed by atoms with Gasteiger partial charge in [-0.2, -0.15) is 0 Å². The number of cyclic esters (lactones) is 1. The second-order valence-electron chi connectivity index (χ2n) is 17.1. The zero-order chi connectivity index (χ0) is 44.7. The molecule has 328 valence electrons. The van der Waals surface area contributed by atoms with Crippen molar-refractivity contribution in [3.63, 3.8) is 0 Å². The topological polar surface area (TPSA) is 199 Å². The lowest BCUT2D eigenvalue weighted by Gasteiger charge is -2.30. The number of nitrogens with one attached hydrogen (secondary N) is 5. The lowest BCUT2D eigenvalue weighted by Crippen LogP contribution is -2.53. The van der Waals surface area contributed by atoms with Gasteiger partial charge in [-0.3, -0.25) is 24.0 Å². The Morgan fingerprint density at radius 2 is 1.71 bits per heavy atom. The molecule has 0 fully saturated rings. The van der Waals surface area contributed by atoms with Crippen LogP contribution in [-0.2, 0) is 48.2 Å². The molecule has 4 amide bonds. The largest absolute Gasteiger partial charge is 0.460 e. The minimum atomic E-state index is -0.904. The molecular weight excluding hydrogens is 798 g/mol. The molecule has 0 saturated carbocycles. The van der Waals surface area contributed by atoms with Gasteiger partial charge in [0.15, 0.2) is 0 Å². The lowest BCUT2D eigenvalue weighted by molar-refractivity contribution is -0.148. The zero-order valence-corrected chi connectivity index (χ0v) is 36.3. The predicted octanol–water partition coefficient (Wildman–Crippen LogP) is 5.48. The number of carbonyl (C=O) groups excluding carboxylic acids is 5. The summed E-state index contributed by atoms with van der Waals surface area (Å²) in [4.78, 5) is 83.2. The maximum atomic E-state index is 15.4. The summed E-state index contributed by atoms with van der Waals surface area (Å²) in [5, 5.41) is 15.3. The molecule has 5 atom stereocenters. The Balaban J connectivity index is 1.13. The van der Waals surface area contributed by atoms with Crippen LogP contribution < -0.4 is 32.1 Å². The fourth-order valence-electron chi connectivity index (χ4n) is 8.75. The molecule has 1 aliphatic carbocycles. The van der Waals surface area contributed by atoms with Gasteiger partial charge in [0, 0.05) is 42.2 Å². The molecule has 4 unspecified atom stereocenters. The van der Waals surface area contributed by atoms with Crippen LogP contribution in [0.1, 0.15) is 118 Å². The van der Waals surface area contributed by atoms with E-state index in [-0.39, 0.29) is 49.1 Å². The molecule has 0 spiro atoms. The lowest BCUT2D eigenvalue weighted by atomic mass is 9.81. The molecule has 16 heteroatoms. The van der Waals surface area contributed by atoms with E-state index in [0.717, 1.165) is 22.1 Å². The van der Waals surface area contributed by atoms with Crippen LogP contribution in [0.25, 0.3) is 22.3 Å². The van der Waals surface area contributed by atoms with Crippen molar-refractivity contribution in [1.82, 2.24) is 30.8 Å². The Labute approximate surface area is 358 Å². The smallest absolute Gasteiger partial charge is 0.408 e. The monoisotopic (exact) mass is 851 g/mol. The van der Waals surface area contributed by atoms with E-state index >= 15 is 4.39 Å². The number of benzene rings is 2. The van der Waals surface area contributed by atoms with Crippen molar-refractivity contribution in [2.24, 2.45) is 5.92 Å². The molecule has 4 heterocycles. The molecule has 7 rings (SSSR count). The Kier molecular flexibility index (Phi) is 12.5. The standard InChI is InChI=1S/C46H54FN7O8/c1-9-28-30-16-36-41-31(19-54(36)44(58)32(30)20-61-45(28)59)39-34(15-14-29-23(6)33(47)17-35(52-41)38(29)39)53-46(60)62-37(18-48-22(4)5)26-10-12-27(13-11-26)51-42(56)24(7)49-43(57)40(21(2)3)50-25(8)55/h10-13,16-17,21-22,24,28,34,37,40,48H,9,14-15,18-20H2,1-8H3,(H,49,57)(H,50,55)(H,51,56)(H,53,60)/t24-,28?,34?,37?,40?/m0/s1. The van der Waals surface area contributed by atoms with Gasteiger partial charge in [-0.15, -0.1) is 0 Å². The highest BCUT2D eigenvalue weighted by molar-refractivity contribution is 5.98. The minimum Gasteiger partial charge on any atom is -0.460 e. The van der Waals surface area contributed by atoms with E-state index in [1.165, 1.54) is 13.0 Å². The van der Waals surface area contributed by atoms with Gasteiger partial charge in [-0.05, 0) is 85.0 Å². The van der Waals surface area contributed by atoms with Gasteiger partial charge in [-0.1, -0.05) is 46.8 Å². The number of pyridine rings is 2. The molecule has 62 heavy (non-hydrogen) atoms. The molecule has 5 N–H and O–H groups in total. The second kappa shape index (κ2) is 17.7. The van der Waals surface area contributed by atoms with E-state index in [4.69, 9.17) is 14.5 Å². The van der Waals surface area contributed by atoms with Crippen LogP contribution in [0.15, 0.2) is 41.2 Å². The van der Waals surface area contributed by atoms with Crippen molar-refractivity contribution in [1.29, 1.82) is 0 Å². The Morgan fingerprint density at radius 1 is 0.984 bits per heavy atom. The summed E-state index contributed by atoms with van der Waals surface area (Å²) in [6.45, 7) is 14.4. The number of carbonyl (C=O) groups is 5. The maximum Gasteiger partial charge on any atom is 0.408 e. The highest BCUT2D eigenvalue weighted by Gasteiger charge is 2.38. The Morgan fingerprint density at radius 3 is 2.37 bits per heavy atom. The molecule has 2 aromatic heterocycles. The van der Waals surface area contributed by atoms with Crippen LogP contribution in [0.2, 0.25) is 0 Å². The summed E-state index contributed by atoms with van der Waals surface area (Å²) >= 11 is 0. The minimum absolute atomic E-state index is 0.0690. The van der Waals surface area contributed by atoms with Gasteiger partial charge >= 0.3 is 12.1 Å². The fourth-order valence-corrected chi connectivity index (χ4v) is 8.75. The van der Waals surface area contributed by atoms with E-state index in [0.29, 0.717) is 64.1 Å². The van der Waals surface area contributed by atoms with Crippen LogP contribution >= 0.6 is 0 Å². The number of amides is 4. The van der Waals surface area contributed by atoms with Crippen molar-refractivity contribution < 1.29 is 37.8 Å². The van der Waals surface area contributed by atoms with Crippen LogP contribution in [0, 0.1) is 18.7 Å². The van der Waals surface area contributed by atoms with Gasteiger partial charge in [-0.25, -0.2) is 14.2 Å². The van der Waals surface area contributed by atoms with Crippen LogP contribution in [0.3, 0.4) is 0 Å². The summed E-state index contributed by atoms with van der Waals surface area (Å²) in [5.41, 5.74) is 6.14. The van der Waals surface area contributed by atoms with Gasteiger partial charge < -0.3 is 40.6 Å². The third-order valence-electron chi connectivity index (χ3n) is 12.1. The number of halogens is 1. The number of esters is 1. The van der Waals surface area contributed by atoms with E-state index in [1.54, 1.807) is 56.5 Å². The van der Waals surface area contributed by atoms with Crippen molar-refractivity contribution >= 4 is 46.4 Å². The number of aryl methyl sites for hydroxylation is 1. The highest BCUT2D eigenvalue weighted by Crippen LogP contribution is 2.45. The predicted molar refractivity (Wildman–Crippen MR) is 230 cm³/mol. The molecule has 0 saturated heterocycles. The van der Waals surface area contributed by atoms with Crippen molar-refractivity contribution in [2.75, 3.05) is 11.9 Å². The van der Waals surface area contributed by atoms with Crippen LogP contribution in [0.4, 0.5) is 14.9 Å². The Bertz CT molecular complexity index is 2540. The average Bonchev–Trinajstić information content (AvgIpc) is 3.59. The molecule has 2 aromatic carbocycles. The number of hydrogen-bond donors (Lipinski definition) is 5. The molecule has 2 aliphatic heterocycles. The van der Waals surface area contributed by atoms with Gasteiger partial charge in [0.1, 0.15) is 30.6 Å². The molecule has 4 aromatic rings. The normalized spacial score (nSPS) is 17.6. The van der Waals surface area contributed by atoms with E-state index in [9.17, 15) is 28.8 Å². The SMILES string of the molecule is CCC1C(=O)OCc2c1cc1n(c2=O)Cc2c-1nc1cc(F)c(C)c3c1c2C(NC(=O)OC(CNC(C)C)c1ccc(NC(=O)[C@H](C)NC(=O)C(NC(C)=O)C(C)C)cc1)CC3. The van der Waals surface area contributed by atoms with E-state index < -0.39 is 53.9 Å². The summed E-state index contributed by atoms with van der Waals surface area (Å²) in [6, 6.07) is 7.89. The summed E-state index contributed by atoms with van der Waals surface area (Å²) < 4.78 is 28.6. The maximum absolute atomic E-state index is 15.4. The highest BCUT2D eigenvalue weighted by atomic mass is 19.1. The number of nitrogens with zero attached hydrogens (tertiary/aromatic N) is 2. The molecule has 0 radical (unpaired) electrons. The molecular formula is C46H54FN7O8. The third-order valence-corrected chi connectivity index (χ3v) is 12.1. The first-order valence-electron chi connectivity index (χ1n) is 21.2. The third kappa shape index (κ3) is 8.52. The first-order chi connectivity index (χ1) is 29.5. The average molecular weight is 852 g/mol.